The van der Waals surface area contributed by atoms with Crippen molar-refractivity contribution < 1.29 is 13.2 Å². The van der Waals surface area contributed by atoms with Crippen molar-refractivity contribution in [2.75, 3.05) is 6.54 Å². The van der Waals surface area contributed by atoms with Gasteiger partial charge in [0.25, 0.3) is 0 Å². The molecule has 0 unspecified atom stereocenters. The molecular weight excluding hydrogens is 359 g/mol. The van der Waals surface area contributed by atoms with Gasteiger partial charge in [-0.15, -0.1) is 0 Å². The molecule has 122 valence electrons. The molecule has 0 aromatic heterocycles. The number of sulfonamides is 1. The van der Waals surface area contributed by atoms with Crippen LogP contribution in [-0.2, 0) is 21.4 Å². The van der Waals surface area contributed by atoms with Crippen LogP contribution in [0.1, 0.15) is 5.56 Å². The van der Waals surface area contributed by atoms with E-state index in [1.54, 1.807) is 24.3 Å². The summed E-state index contributed by atoms with van der Waals surface area (Å²) in [6, 6.07) is 12.4. The van der Waals surface area contributed by atoms with Crippen molar-refractivity contribution in [2.24, 2.45) is 5.73 Å². The average Bonchev–Trinajstić information content (AvgIpc) is 2.49. The Hall–Kier alpha value is -1.60. The number of carbonyl (C=O) groups excluding carboxylic acids is 1. The van der Waals surface area contributed by atoms with Gasteiger partial charge in [0.2, 0.25) is 15.9 Å². The molecule has 2 aromatic rings. The van der Waals surface area contributed by atoms with E-state index < -0.39 is 22.5 Å². The van der Waals surface area contributed by atoms with Crippen LogP contribution in [0.5, 0.6) is 0 Å². The zero-order valence-electron chi connectivity index (χ0n) is 11.9. The minimum Gasteiger partial charge on any atom is -0.369 e. The molecule has 5 nitrogen and oxygen atoms in total. The Labute approximate surface area is 144 Å². The molecule has 0 aliphatic heterocycles. The first-order valence-corrected chi connectivity index (χ1v) is 8.77. The van der Waals surface area contributed by atoms with Gasteiger partial charge in [0, 0.05) is 16.6 Å². The monoisotopic (exact) mass is 372 g/mol. The van der Waals surface area contributed by atoms with Crippen molar-refractivity contribution >= 4 is 39.1 Å². The first-order chi connectivity index (χ1) is 10.8. The van der Waals surface area contributed by atoms with E-state index in [0.29, 0.717) is 15.6 Å². The largest absolute Gasteiger partial charge is 0.369 e. The van der Waals surface area contributed by atoms with Gasteiger partial charge in [-0.3, -0.25) is 4.79 Å². The molecule has 2 aromatic carbocycles. The van der Waals surface area contributed by atoms with Crippen molar-refractivity contribution in [3.63, 3.8) is 0 Å². The molecule has 0 aliphatic carbocycles. The molecule has 0 fully saturated rings. The second kappa shape index (κ2) is 7.31. The number of carbonyl (C=O) groups is 1. The topological polar surface area (TPSA) is 80.5 Å². The van der Waals surface area contributed by atoms with E-state index in [2.05, 4.69) is 0 Å². The van der Waals surface area contributed by atoms with Gasteiger partial charge in [-0.1, -0.05) is 35.3 Å². The van der Waals surface area contributed by atoms with E-state index in [4.69, 9.17) is 28.9 Å². The molecule has 0 saturated carbocycles. The molecule has 0 radical (unpaired) electrons. The number of nitrogens with zero attached hydrogens (tertiary/aromatic N) is 1. The highest BCUT2D eigenvalue weighted by molar-refractivity contribution is 7.89. The summed E-state index contributed by atoms with van der Waals surface area (Å²) in [5.41, 5.74) is 5.87. The van der Waals surface area contributed by atoms with Gasteiger partial charge in [0.05, 0.1) is 11.4 Å². The van der Waals surface area contributed by atoms with Crippen LogP contribution in [0, 0.1) is 0 Å². The maximum Gasteiger partial charge on any atom is 0.243 e. The van der Waals surface area contributed by atoms with Crippen molar-refractivity contribution in [1.29, 1.82) is 0 Å². The van der Waals surface area contributed by atoms with E-state index in [9.17, 15) is 13.2 Å². The molecule has 0 aliphatic rings. The quantitative estimate of drug-likeness (QED) is 0.845. The third-order valence-corrected chi connectivity index (χ3v) is 5.37. The smallest absolute Gasteiger partial charge is 0.243 e. The highest BCUT2D eigenvalue weighted by atomic mass is 35.5. The van der Waals surface area contributed by atoms with E-state index in [-0.39, 0.29) is 11.4 Å². The van der Waals surface area contributed by atoms with Gasteiger partial charge < -0.3 is 5.73 Å². The zero-order chi connectivity index (χ0) is 17.0. The van der Waals surface area contributed by atoms with Crippen LogP contribution in [0.3, 0.4) is 0 Å². The minimum absolute atomic E-state index is 0.00503. The van der Waals surface area contributed by atoms with Gasteiger partial charge in [0.15, 0.2) is 0 Å². The SMILES string of the molecule is NC(=O)CN(Cc1ccc(Cl)cc1)S(=O)(=O)c1ccc(Cl)cc1. The lowest BCUT2D eigenvalue weighted by atomic mass is 10.2. The van der Waals surface area contributed by atoms with Crippen LogP contribution in [0.15, 0.2) is 53.4 Å². The molecule has 0 heterocycles. The fourth-order valence-electron chi connectivity index (χ4n) is 1.95. The first-order valence-electron chi connectivity index (χ1n) is 6.57. The molecule has 0 atom stereocenters. The van der Waals surface area contributed by atoms with Gasteiger partial charge in [-0.25, -0.2) is 8.42 Å². The Morgan fingerprint density at radius 2 is 1.43 bits per heavy atom. The van der Waals surface area contributed by atoms with Crippen molar-refractivity contribution in [3.8, 4) is 0 Å². The number of nitrogens with two attached hydrogens (primary N) is 1. The zero-order valence-corrected chi connectivity index (χ0v) is 14.3. The fraction of sp³-hybridized carbons (Fsp3) is 0.133. The molecule has 2 N–H and O–H groups in total. The third kappa shape index (κ3) is 4.68. The number of amides is 1. The number of benzene rings is 2. The summed E-state index contributed by atoms with van der Waals surface area (Å²) in [7, 11) is -3.88. The Kier molecular flexibility index (Phi) is 5.64. The standard InChI is InChI=1S/C15H14Cl2N2O3S/c16-12-3-1-11(2-4-12)9-19(10-15(18)20)23(21,22)14-7-5-13(17)6-8-14/h1-8H,9-10H2,(H2,18,20). The van der Waals surface area contributed by atoms with E-state index in [1.165, 1.54) is 24.3 Å². The fourth-order valence-corrected chi connectivity index (χ4v) is 3.60. The summed E-state index contributed by atoms with van der Waals surface area (Å²) < 4.78 is 26.4. The number of hydrogen-bond acceptors (Lipinski definition) is 3. The van der Waals surface area contributed by atoms with E-state index >= 15 is 0 Å². The summed E-state index contributed by atoms with van der Waals surface area (Å²) in [5, 5.41) is 0.957. The van der Waals surface area contributed by atoms with Gasteiger partial charge in [0.1, 0.15) is 0 Å². The molecule has 8 heteroatoms. The van der Waals surface area contributed by atoms with Crippen molar-refractivity contribution in [2.45, 2.75) is 11.4 Å². The summed E-state index contributed by atoms with van der Waals surface area (Å²) in [4.78, 5) is 11.3. The van der Waals surface area contributed by atoms with Gasteiger partial charge in [-0.2, -0.15) is 4.31 Å². The first kappa shape index (κ1) is 17.7. The van der Waals surface area contributed by atoms with Crippen LogP contribution in [0.2, 0.25) is 10.0 Å². The minimum atomic E-state index is -3.88. The second-order valence-electron chi connectivity index (χ2n) is 4.82. The summed E-state index contributed by atoms with van der Waals surface area (Å²) >= 11 is 11.6. The van der Waals surface area contributed by atoms with Gasteiger partial charge >= 0.3 is 0 Å². The third-order valence-electron chi connectivity index (χ3n) is 3.06. The molecule has 0 spiro atoms. The predicted octanol–water partition coefficient (Wildman–Crippen LogP) is 2.67. The van der Waals surface area contributed by atoms with Crippen molar-refractivity contribution in [1.82, 2.24) is 4.31 Å². The lowest BCUT2D eigenvalue weighted by molar-refractivity contribution is -0.118. The Balaban J connectivity index is 2.34. The van der Waals surface area contributed by atoms with Crippen LogP contribution in [0.25, 0.3) is 0 Å². The molecular formula is C15H14Cl2N2O3S. The highest BCUT2D eigenvalue weighted by Crippen LogP contribution is 2.21. The highest BCUT2D eigenvalue weighted by Gasteiger charge is 2.26. The number of rotatable bonds is 6. The predicted molar refractivity (Wildman–Crippen MR) is 89.7 cm³/mol. The maximum absolute atomic E-state index is 12.7. The van der Waals surface area contributed by atoms with Crippen LogP contribution >= 0.6 is 23.2 Å². The Morgan fingerprint density at radius 1 is 0.957 bits per heavy atom. The molecule has 0 bridgehead atoms. The summed E-state index contributed by atoms with van der Waals surface area (Å²) in [5.74, 6) is -0.739. The molecule has 1 amide bonds. The van der Waals surface area contributed by atoms with E-state index in [1.807, 2.05) is 0 Å². The van der Waals surface area contributed by atoms with Crippen LogP contribution < -0.4 is 5.73 Å². The molecule has 0 saturated heterocycles. The Morgan fingerprint density at radius 3 is 1.91 bits per heavy atom. The Bertz CT molecular complexity index is 790. The number of primary amides is 1. The maximum atomic E-state index is 12.7. The summed E-state index contributed by atoms with van der Waals surface area (Å²) in [6.45, 7) is -0.418. The lowest BCUT2D eigenvalue weighted by Gasteiger charge is -2.21. The molecule has 2 rings (SSSR count). The normalized spacial score (nSPS) is 11.6. The average molecular weight is 373 g/mol. The second-order valence-corrected chi connectivity index (χ2v) is 7.63. The van der Waals surface area contributed by atoms with Gasteiger partial charge in [-0.05, 0) is 42.0 Å². The lowest BCUT2D eigenvalue weighted by Crippen LogP contribution is -2.37. The van der Waals surface area contributed by atoms with E-state index in [0.717, 1.165) is 4.31 Å². The number of halogens is 2. The molecule has 23 heavy (non-hydrogen) atoms. The van der Waals surface area contributed by atoms with Crippen LogP contribution in [-0.4, -0.2) is 25.2 Å². The number of hydrogen-bond donors (Lipinski definition) is 1. The van der Waals surface area contributed by atoms with Crippen LogP contribution in [0.4, 0.5) is 0 Å². The van der Waals surface area contributed by atoms with Crippen molar-refractivity contribution in [3.05, 3.63) is 64.1 Å². The summed E-state index contributed by atoms with van der Waals surface area (Å²) in [6.07, 6.45) is 0.